The molecular weight excluding hydrogens is 352 g/mol. The van der Waals surface area contributed by atoms with Gasteiger partial charge in [0, 0.05) is 31.3 Å². The number of nitrogens with zero attached hydrogens (tertiary/aromatic N) is 2. The van der Waals surface area contributed by atoms with Gasteiger partial charge in [-0.2, -0.15) is 5.26 Å². The number of methoxy groups -OCH3 is 1. The van der Waals surface area contributed by atoms with Crippen molar-refractivity contribution in [3.8, 4) is 17.2 Å². The number of anilines is 1. The van der Waals surface area contributed by atoms with Gasteiger partial charge in [-0.05, 0) is 59.7 Å². The molecule has 1 heterocycles. The van der Waals surface area contributed by atoms with Gasteiger partial charge in [-0.3, -0.25) is 4.79 Å². The van der Waals surface area contributed by atoms with E-state index in [4.69, 9.17) is 10.00 Å². The van der Waals surface area contributed by atoms with Crippen LogP contribution in [0.1, 0.15) is 30.4 Å². The molecule has 5 heteroatoms. The van der Waals surface area contributed by atoms with Crippen LogP contribution in [-0.2, 0) is 14.3 Å². The molecule has 2 aromatic rings. The lowest BCUT2D eigenvalue weighted by Gasteiger charge is -2.34. The van der Waals surface area contributed by atoms with Crippen molar-refractivity contribution in [3.63, 3.8) is 0 Å². The third-order valence-electron chi connectivity index (χ3n) is 5.14. The van der Waals surface area contributed by atoms with Crippen molar-refractivity contribution in [2.45, 2.75) is 19.3 Å². The van der Waals surface area contributed by atoms with Crippen molar-refractivity contribution in [2.75, 3.05) is 25.1 Å². The first kappa shape index (κ1) is 19.4. The molecule has 1 aliphatic rings. The number of hydrogen-bond donors (Lipinski definition) is 0. The average molecular weight is 374 g/mol. The average Bonchev–Trinajstić information content (AvgIpc) is 2.74. The first-order chi connectivity index (χ1) is 13.6. The molecule has 3 rings (SSSR count). The maximum atomic E-state index is 11.6. The zero-order chi connectivity index (χ0) is 19.9. The highest BCUT2D eigenvalue weighted by atomic mass is 16.5. The van der Waals surface area contributed by atoms with Crippen molar-refractivity contribution >= 4 is 23.7 Å². The van der Waals surface area contributed by atoms with Crippen LogP contribution in [-0.4, -0.2) is 32.1 Å². The molecule has 0 spiro atoms. The monoisotopic (exact) mass is 374 g/mol. The van der Waals surface area contributed by atoms with Crippen LogP contribution in [0.5, 0.6) is 0 Å². The van der Waals surface area contributed by atoms with Gasteiger partial charge in [0.25, 0.3) is 0 Å². The molecule has 1 aliphatic heterocycles. The smallest absolute Gasteiger partial charge is 0.305 e. The first-order valence-electron chi connectivity index (χ1n) is 9.32. The maximum Gasteiger partial charge on any atom is 0.305 e. The van der Waals surface area contributed by atoms with Crippen molar-refractivity contribution in [3.05, 3.63) is 53.6 Å². The van der Waals surface area contributed by atoms with Gasteiger partial charge < -0.3 is 9.64 Å². The van der Waals surface area contributed by atoms with Gasteiger partial charge in [-0.1, -0.05) is 18.2 Å². The molecule has 1 unspecified atom stereocenters. The number of hydrogen-bond acceptors (Lipinski definition) is 5. The molecule has 2 aromatic carbocycles. The van der Waals surface area contributed by atoms with E-state index < -0.39 is 0 Å². The van der Waals surface area contributed by atoms with E-state index in [0.29, 0.717) is 12.0 Å². The Morgan fingerprint density at radius 2 is 2.07 bits per heavy atom. The maximum absolute atomic E-state index is 11.6. The van der Waals surface area contributed by atoms with Gasteiger partial charge >= 0.3 is 5.97 Å². The molecule has 0 radical (unpaired) electrons. The fourth-order valence-electron chi connectivity index (χ4n) is 3.70. The highest BCUT2D eigenvalue weighted by Crippen LogP contribution is 2.31. The van der Waals surface area contributed by atoms with Gasteiger partial charge in [0.05, 0.1) is 18.7 Å². The Labute approximate surface area is 164 Å². The van der Waals surface area contributed by atoms with Gasteiger partial charge in [-0.15, -0.1) is 0 Å². The molecule has 0 saturated carbocycles. The first-order valence-corrected chi connectivity index (χ1v) is 9.32. The molecule has 0 bridgehead atoms. The number of benzene rings is 2. The van der Waals surface area contributed by atoms with Crippen LogP contribution < -0.4 is 4.90 Å². The summed E-state index contributed by atoms with van der Waals surface area (Å²) in [6, 6.07) is 15.4. The summed E-state index contributed by atoms with van der Waals surface area (Å²) in [6.07, 6.45) is 3.89. The lowest BCUT2D eigenvalue weighted by Crippen LogP contribution is -2.36. The van der Waals surface area contributed by atoms with E-state index >= 15 is 0 Å². The molecule has 5 nitrogen and oxygen atoms in total. The minimum absolute atomic E-state index is 0.174. The van der Waals surface area contributed by atoms with Crippen LogP contribution in [0.2, 0.25) is 0 Å². The predicted molar refractivity (Wildman–Crippen MR) is 108 cm³/mol. The SMILES string of the molecule is COC(=O)CC1CCCN(c2ccc(-c3ccc(C#N)cc3)c(C=C=O)c2)C1. The van der Waals surface area contributed by atoms with Crippen LogP contribution in [0.4, 0.5) is 5.69 Å². The van der Waals surface area contributed by atoms with Crippen molar-refractivity contribution < 1.29 is 14.3 Å². The van der Waals surface area contributed by atoms with Crippen LogP contribution >= 0.6 is 0 Å². The van der Waals surface area contributed by atoms with E-state index in [1.807, 2.05) is 36.3 Å². The van der Waals surface area contributed by atoms with Crippen LogP contribution in [0.25, 0.3) is 17.2 Å². The normalized spacial score (nSPS) is 16.0. The second-order valence-corrected chi connectivity index (χ2v) is 6.96. The van der Waals surface area contributed by atoms with Gasteiger partial charge in [0.1, 0.15) is 5.94 Å². The summed E-state index contributed by atoms with van der Waals surface area (Å²) in [5, 5.41) is 8.97. The lowest BCUT2D eigenvalue weighted by molar-refractivity contribution is -0.141. The summed E-state index contributed by atoms with van der Waals surface area (Å²) in [4.78, 5) is 24.9. The molecule has 1 atom stereocenters. The third kappa shape index (κ3) is 4.49. The minimum atomic E-state index is -0.174. The van der Waals surface area contributed by atoms with Crippen LogP contribution in [0.15, 0.2) is 42.5 Å². The molecular formula is C23H22N2O3. The molecule has 1 fully saturated rings. The molecule has 142 valence electrons. The topological polar surface area (TPSA) is 70.4 Å². The van der Waals surface area contributed by atoms with Crippen LogP contribution in [0, 0.1) is 17.2 Å². The summed E-state index contributed by atoms with van der Waals surface area (Å²) >= 11 is 0. The molecule has 28 heavy (non-hydrogen) atoms. The molecule has 0 aliphatic carbocycles. The van der Waals surface area contributed by atoms with Gasteiger partial charge in [0.2, 0.25) is 0 Å². The summed E-state index contributed by atoms with van der Waals surface area (Å²) in [6.45, 7) is 1.70. The van der Waals surface area contributed by atoms with E-state index in [1.54, 1.807) is 12.1 Å². The predicted octanol–water partition coefficient (Wildman–Crippen LogP) is 3.85. The minimum Gasteiger partial charge on any atom is -0.469 e. The molecule has 0 N–H and O–H groups in total. The summed E-state index contributed by atoms with van der Waals surface area (Å²) in [5.41, 5.74) is 4.26. The summed E-state index contributed by atoms with van der Waals surface area (Å²) < 4.78 is 4.80. The quantitative estimate of drug-likeness (QED) is 0.587. The fraction of sp³-hybridized carbons (Fsp3) is 0.304. The molecule has 1 saturated heterocycles. The van der Waals surface area contributed by atoms with Crippen LogP contribution in [0.3, 0.4) is 0 Å². The zero-order valence-electron chi connectivity index (χ0n) is 15.9. The Morgan fingerprint density at radius 1 is 1.29 bits per heavy atom. The number of rotatable bonds is 5. The third-order valence-corrected chi connectivity index (χ3v) is 5.14. The number of ether oxygens (including phenoxy) is 1. The Bertz CT molecular complexity index is 937. The Kier molecular flexibility index (Phi) is 6.26. The van der Waals surface area contributed by atoms with Gasteiger partial charge in [-0.25, -0.2) is 4.79 Å². The van der Waals surface area contributed by atoms with Crippen molar-refractivity contribution in [2.24, 2.45) is 5.92 Å². The van der Waals surface area contributed by atoms with E-state index in [1.165, 1.54) is 13.2 Å². The number of nitriles is 1. The second kappa shape index (κ2) is 9.03. The Balaban J connectivity index is 1.86. The Morgan fingerprint density at radius 3 is 2.75 bits per heavy atom. The van der Waals surface area contributed by atoms with E-state index in [0.717, 1.165) is 48.3 Å². The highest BCUT2D eigenvalue weighted by Gasteiger charge is 2.23. The summed E-state index contributed by atoms with van der Waals surface area (Å²) in [5.74, 6) is 1.98. The number of carbonyl (C=O) groups excluding carboxylic acids is 2. The van der Waals surface area contributed by atoms with E-state index in [-0.39, 0.29) is 11.9 Å². The van der Waals surface area contributed by atoms with Crippen molar-refractivity contribution in [1.29, 1.82) is 5.26 Å². The van der Waals surface area contributed by atoms with Gasteiger partial charge in [0.15, 0.2) is 0 Å². The summed E-state index contributed by atoms with van der Waals surface area (Å²) in [7, 11) is 1.42. The molecule has 0 aromatic heterocycles. The largest absolute Gasteiger partial charge is 0.469 e. The number of piperidine rings is 1. The standard InChI is InChI=1S/C23H22N2O3/c1-28-23(27)13-18-3-2-11-25(16-18)21-8-9-22(20(14-21)10-12-26)19-6-4-17(15-24)5-7-19/h4-10,14,18H,2-3,11,13,16H2,1H3. The zero-order valence-corrected chi connectivity index (χ0v) is 15.9. The lowest BCUT2D eigenvalue weighted by atomic mass is 9.93. The Hall–Kier alpha value is -3.35. The van der Waals surface area contributed by atoms with E-state index in [9.17, 15) is 9.59 Å². The number of carbonyl (C=O) groups is 1. The van der Waals surface area contributed by atoms with Crippen molar-refractivity contribution in [1.82, 2.24) is 0 Å². The molecule has 0 amide bonds. The van der Waals surface area contributed by atoms with E-state index in [2.05, 4.69) is 11.0 Å². The fourth-order valence-corrected chi connectivity index (χ4v) is 3.70. The number of esters is 1. The highest BCUT2D eigenvalue weighted by molar-refractivity contribution is 5.86. The second-order valence-electron chi connectivity index (χ2n) is 6.96.